The van der Waals surface area contributed by atoms with Crippen molar-refractivity contribution in [1.82, 2.24) is 4.98 Å². The summed E-state index contributed by atoms with van der Waals surface area (Å²) in [6.07, 6.45) is 7.15. The van der Waals surface area contributed by atoms with E-state index >= 15 is 0 Å². The van der Waals surface area contributed by atoms with Crippen molar-refractivity contribution >= 4 is 5.82 Å². The monoisotopic (exact) mass is 359 g/mol. The van der Waals surface area contributed by atoms with Gasteiger partial charge in [-0.25, -0.2) is 9.37 Å². The molecule has 134 valence electrons. The van der Waals surface area contributed by atoms with Crippen LogP contribution in [-0.4, -0.2) is 4.98 Å². The smallest absolute Gasteiger partial charge is 0.152 e. The highest BCUT2D eigenvalue weighted by Crippen LogP contribution is 2.34. The number of anilines is 1. The zero-order chi connectivity index (χ0) is 19.2. The number of furan rings is 1. The van der Waals surface area contributed by atoms with Gasteiger partial charge in [-0.2, -0.15) is 5.26 Å². The van der Waals surface area contributed by atoms with E-state index in [2.05, 4.69) is 16.4 Å². The summed E-state index contributed by atoms with van der Waals surface area (Å²) in [6, 6.07) is 13.7. The molecule has 0 spiro atoms. The van der Waals surface area contributed by atoms with Crippen molar-refractivity contribution in [2.24, 2.45) is 0 Å². The highest BCUT2D eigenvalue weighted by Gasteiger charge is 2.18. The second-order valence-electron chi connectivity index (χ2n) is 5.72. The van der Waals surface area contributed by atoms with Crippen molar-refractivity contribution < 1.29 is 8.81 Å². The normalized spacial score (nSPS) is 11.6. The molecule has 27 heavy (non-hydrogen) atoms. The van der Waals surface area contributed by atoms with Crippen molar-refractivity contribution in [3.05, 3.63) is 84.0 Å². The zero-order valence-electron chi connectivity index (χ0n) is 15.0. The molecular formula is C22H18FN3O. The lowest BCUT2D eigenvalue weighted by Crippen LogP contribution is -2.04. The van der Waals surface area contributed by atoms with Crippen molar-refractivity contribution in [2.45, 2.75) is 13.8 Å². The van der Waals surface area contributed by atoms with E-state index in [0.717, 1.165) is 5.70 Å². The number of allylic oxidation sites excluding steroid dienone is 3. The molecule has 0 aliphatic rings. The van der Waals surface area contributed by atoms with Crippen LogP contribution in [0.5, 0.6) is 0 Å². The Balaban J connectivity index is 2.26. The van der Waals surface area contributed by atoms with Crippen LogP contribution in [-0.2, 0) is 0 Å². The standard InChI is InChI=1S/C22H18FN3O/c1-3-8-15(4-2)25-22-18(14-24)17(16-9-5-6-10-19(16)23)13-20(26-22)21-11-7-12-27-21/h3-13H,1-2H3,(H,25,26)/b8-3-,15-4+. The molecule has 0 fully saturated rings. The van der Waals surface area contributed by atoms with E-state index in [1.807, 2.05) is 32.1 Å². The van der Waals surface area contributed by atoms with E-state index in [0.29, 0.717) is 28.4 Å². The SMILES string of the molecule is C/C=C\C(=C/C)Nc1nc(-c2ccco2)cc(-c2ccccc2F)c1C#N. The summed E-state index contributed by atoms with van der Waals surface area (Å²) in [5.74, 6) is 0.472. The molecule has 0 amide bonds. The minimum absolute atomic E-state index is 0.263. The van der Waals surface area contributed by atoms with Gasteiger partial charge in [0.15, 0.2) is 5.76 Å². The third kappa shape index (κ3) is 3.80. The van der Waals surface area contributed by atoms with Gasteiger partial charge in [-0.05, 0) is 44.2 Å². The summed E-state index contributed by atoms with van der Waals surface area (Å²) in [5.41, 5.74) is 2.34. The van der Waals surface area contributed by atoms with Gasteiger partial charge in [-0.1, -0.05) is 30.4 Å². The molecule has 1 N–H and O–H groups in total. The van der Waals surface area contributed by atoms with Gasteiger partial charge in [0.05, 0.1) is 6.26 Å². The lowest BCUT2D eigenvalue weighted by molar-refractivity contribution is 0.580. The lowest BCUT2D eigenvalue weighted by atomic mass is 9.99. The Morgan fingerprint density at radius 1 is 1.19 bits per heavy atom. The Bertz CT molecular complexity index is 1040. The van der Waals surface area contributed by atoms with E-state index in [4.69, 9.17) is 4.42 Å². The van der Waals surface area contributed by atoms with E-state index in [9.17, 15) is 9.65 Å². The molecule has 0 saturated carbocycles. The summed E-state index contributed by atoms with van der Waals surface area (Å²) in [7, 11) is 0. The fraction of sp³-hybridized carbons (Fsp3) is 0.0909. The van der Waals surface area contributed by atoms with Crippen LogP contribution >= 0.6 is 0 Å². The lowest BCUT2D eigenvalue weighted by Gasteiger charge is -2.14. The van der Waals surface area contributed by atoms with Crippen LogP contribution in [0.1, 0.15) is 19.4 Å². The topological polar surface area (TPSA) is 61.9 Å². The highest BCUT2D eigenvalue weighted by atomic mass is 19.1. The van der Waals surface area contributed by atoms with Crippen LogP contribution in [0, 0.1) is 17.1 Å². The average molecular weight is 359 g/mol. The highest BCUT2D eigenvalue weighted by molar-refractivity contribution is 5.81. The summed E-state index contributed by atoms with van der Waals surface area (Å²) in [6.45, 7) is 3.77. The van der Waals surface area contributed by atoms with E-state index in [1.165, 1.54) is 6.07 Å². The number of hydrogen-bond acceptors (Lipinski definition) is 4. The van der Waals surface area contributed by atoms with Crippen molar-refractivity contribution in [3.63, 3.8) is 0 Å². The first-order valence-electron chi connectivity index (χ1n) is 8.48. The van der Waals surface area contributed by atoms with Crippen LogP contribution in [0.25, 0.3) is 22.6 Å². The maximum Gasteiger partial charge on any atom is 0.152 e. The molecule has 0 radical (unpaired) electrons. The van der Waals surface area contributed by atoms with E-state index in [1.54, 1.807) is 42.7 Å². The minimum atomic E-state index is -0.406. The Kier molecular flexibility index (Phi) is 5.48. The molecule has 3 aromatic rings. The molecule has 5 heteroatoms. The van der Waals surface area contributed by atoms with Crippen LogP contribution in [0.3, 0.4) is 0 Å². The van der Waals surface area contributed by atoms with Crippen molar-refractivity contribution in [1.29, 1.82) is 5.26 Å². The molecule has 0 saturated heterocycles. The number of nitrogens with zero attached hydrogens (tertiary/aromatic N) is 2. The first-order valence-corrected chi connectivity index (χ1v) is 8.48. The molecule has 0 aliphatic carbocycles. The van der Waals surface area contributed by atoms with Gasteiger partial charge in [-0.3, -0.25) is 0 Å². The third-order valence-electron chi connectivity index (χ3n) is 3.99. The third-order valence-corrected chi connectivity index (χ3v) is 3.99. The van der Waals surface area contributed by atoms with Gasteiger partial charge in [-0.15, -0.1) is 0 Å². The summed E-state index contributed by atoms with van der Waals surface area (Å²) in [5, 5.41) is 12.9. The summed E-state index contributed by atoms with van der Waals surface area (Å²) < 4.78 is 19.9. The average Bonchev–Trinajstić information content (AvgIpc) is 3.22. The summed E-state index contributed by atoms with van der Waals surface area (Å²) in [4.78, 5) is 4.55. The molecule has 2 aromatic heterocycles. The quantitative estimate of drug-likeness (QED) is 0.575. The van der Waals surface area contributed by atoms with Gasteiger partial charge in [0.1, 0.15) is 29.0 Å². The largest absolute Gasteiger partial charge is 0.463 e. The number of rotatable bonds is 5. The van der Waals surface area contributed by atoms with Gasteiger partial charge in [0, 0.05) is 16.8 Å². The zero-order valence-corrected chi connectivity index (χ0v) is 15.0. The number of nitriles is 1. The first-order chi connectivity index (χ1) is 13.2. The molecule has 0 aliphatic heterocycles. The minimum Gasteiger partial charge on any atom is -0.463 e. The van der Waals surface area contributed by atoms with Crippen LogP contribution in [0.2, 0.25) is 0 Å². The Labute approximate surface area is 157 Å². The maximum absolute atomic E-state index is 14.5. The molecular weight excluding hydrogens is 341 g/mol. The molecule has 4 nitrogen and oxygen atoms in total. The van der Waals surface area contributed by atoms with E-state index < -0.39 is 5.82 Å². The molecule has 3 rings (SSSR count). The van der Waals surface area contributed by atoms with Crippen LogP contribution < -0.4 is 5.32 Å². The second kappa shape index (κ2) is 8.15. The predicted molar refractivity (Wildman–Crippen MR) is 104 cm³/mol. The Morgan fingerprint density at radius 3 is 2.63 bits per heavy atom. The number of nitrogens with one attached hydrogen (secondary N) is 1. The Morgan fingerprint density at radius 2 is 2.00 bits per heavy atom. The van der Waals surface area contributed by atoms with Crippen LogP contribution in [0.4, 0.5) is 10.2 Å². The van der Waals surface area contributed by atoms with Gasteiger partial charge in [0.25, 0.3) is 0 Å². The fourth-order valence-corrected chi connectivity index (χ4v) is 2.72. The van der Waals surface area contributed by atoms with Gasteiger partial charge < -0.3 is 9.73 Å². The van der Waals surface area contributed by atoms with Crippen molar-refractivity contribution in [2.75, 3.05) is 5.32 Å². The number of halogens is 1. The number of pyridine rings is 1. The number of hydrogen-bond donors (Lipinski definition) is 1. The predicted octanol–water partition coefficient (Wildman–Crippen LogP) is 5.91. The molecule has 0 bridgehead atoms. The fourth-order valence-electron chi connectivity index (χ4n) is 2.72. The number of benzene rings is 1. The van der Waals surface area contributed by atoms with Crippen molar-refractivity contribution in [3.8, 4) is 28.7 Å². The first kappa shape index (κ1) is 18.2. The molecule has 1 aromatic carbocycles. The number of aromatic nitrogens is 1. The second-order valence-corrected chi connectivity index (χ2v) is 5.72. The van der Waals surface area contributed by atoms with Gasteiger partial charge in [0.2, 0.25) is 0 Å². The van der Waals surface area contributed by atoms with Gasteiger partial charge >= 0.3 is 0 Å². The Hall–Kier alpha value is -3.65. The summed E-state index contributed by atoms with van der Waals surface area (Å²) >= 11 is 0. The molecule has 0 unspecified atom stereocenters. The molecule has 2 heterocycles. The van der Waals surface area contributed by atoms with Crippen LogP contribution in [0.15, 0.2) is 77.1 Å². The van der Waals surface area contributed by atoms with E-state index in [-0.39, 0.29) is 5.56 Å². The molecule has 0 atom stereocenters. The maximum atomic E-state index is 14.5.